The van der Waals surface area contributed by atoms with Crippen molar-refractivity contribution >= 4 is 39.2 Å². The maximum atomic E-state index is 12.6. The van der Waals surface area contributed by atoms with Gasteiger partial charge in [-0.15, -0.1) is 11.3 Å². The molecule has 1 aliphatic heterocycles. The Balaban J connectivity index is 1.26. The number of morpholine rings is 1. The van der Waals surface area contributed by atoms with Crippen molar-refractivity contribution in [3.8, 4) is 5.88 Å². The van der Waals surface area contributed by atoms with Crippen molar-refractivity contribution in [1.29, 1.82) is 0 Å². The molecule has 0 saturated carbocycles. The quantitative estimate of drug-likeness (QED) is 0.507. The first-order valence-electron chi connectivity index (χ1n) is 9.42. The van der Waals surface area contributed by atoms with Crippen LogP contribution in [0.3, 0.4) is 0 Å². The summed E-state index contributed by atoms with van der Waals surface area (Å²) in [5, 5.41) is 0. The number of aromatic nitrogens is 2. The molecule has 2 aromatic heterocycles. The molecule has 0 bridgehead atoms. The Kier molecular flexibility index (Phi) is 6.63. The van der Waals surface area contributed by atoms with Crippen molar-refractivity contribution in [1.82, 2.24) is 14.9 Å². The summed E-state index contributed by atoms with van der Waals surface area (Å²) in [6.45, 7) is 1.29. The Bertz CT molecular complexity index is 1010. The number of carbonyl (C=O) groups is 1. The van der Waals surface area contributed by atoms with Gasteiger partial charge in [0.25, 0.3) is 0 Å². The molecule has 0 aliphatic carbocycles. The largest absolute Gasteiger partial charge is 0.475 e. The molecule has 6 nitrogen and oxygen atoms in total. The summed E-state index contributed by atoms with van der Waals surface area (Å²) in [5.41, 5.74) is 0.0825. The Morgan fingerprint density at radius 1 is 1.29 bits per heavy atom. The fourth-order valence-electron chi connectivity index (χ4n) is 2.99. The molecule has 31 heavy (non-hydrogen) atoms. The monoisotopic (exact) mass is 469 g/mol. The van der Waals surface area contributed by atoms with Crippen molar-refractivity contribution in [3.63, 3.8) is 0 Å². The van der Waals surface area contributed by atoms with Gasteiger partial charge in [0.05, 0.1) is 34.7 Å². The van der Waals surface area contributed by atoms with Gasteiger partial charge in [-0.2, -0.15) is 13.2 Å². The number of thiazole rings is 1. The van der Waals surface area contributed by atoms with Crippen molar-refractivity contribution in [3.05, 3.63) is 48.2 Å². The Morgan fingerprint density at radius 2 is 2.13 bits per heavy atom. The van der Waals surface area contributed by atoms with E-state index >= 15 is 0 Å². The van der Waals surface area contributed by atoms with Gasteiger partial charge in [0.2, 0.25) is 11.8 Å². The summed E-state index contributed by atoms with van der Waals surface area (Å²) in [6, 6.07) is 9.91. The second-order valence-electron chi connectivity index (χ2n) is 6.76. The van der Waals surface area contributed by atoms with E-state index in [0.29, 0.717) is 19.7 Å². The summed E-state index contributed by atoms with van der Waals surface area (Å²) in [7, 11) is 0. The van der Waals surface area contributed by atoms with Gasteiger partial charge in [-0.05, 0) is 18.2 Å². The van der Waals surface area contributed by atoms with Gasteiger partial charge in [-0.3, -0.25) is 4.79 Å². The Morgan fingerprint density at radius 3 is 2.87 bits per heavy atom. The first kappa shape index (κ1) is 21.8. The molecule has 1 saturated heterocycles. The van der Waals surface area contributed by atoms with E-state index in [4.69, 9.17) is 9.47 Å². The molecular weight excluding hydrogens is 451 g/mol. The zero-order chi connectivity index (χ0) is 21.8. The lowest BCUT2D eigenvalue weighted by molar-refractivity contribution is -0.138. The highest BCUT2D eigenvalue weighted by Gasteiger charge is 2.31. The van der Waals surface area contributed by atoms with Crippen LogP contribution in [0.5, 0.6) is 5.88 Å². The lowest BCUT2D eigenvalue weighted by Gasteiger charge is -2.32. The number of thioether (sulfide) groups is 1. The lowest BCUT2D eigenvalue weighted by Crippen LogP contribution is -2.48. The molecule has 0 N–H and O–H groups in total. The highest BCUT2D eigenvalue weighted by atomic mass is 32.2. The molecule has 4 rings (SSSR count). The van der Waals surface area contributed by atoms with E-state index in [0.717, 1.165) is 26.8 Å². The molecule has 11 heteroatoms. The molecule has 1 amide bonds. The minimum atomic E-state index is -4.44. The third-order valence-electron chi connectivity index (χ3n) is 4.57. The predicted molar refractivity (Wildman–Crippen MR) is 111 cm³/mol. The van der Waals surface area contributed by atoms with Gasteiger partial charge in [0, 0.05) is 18.8 Å². The van der Waals surface area contributed by atoms with Crippen LogP contribution in [0.1, 0.15) is 5.56 Å². The van der Waals surface area contributed by atoms with E-state index in [1.54, 1.807) is 16.2 Å². The Labute approximate surface area is 184 Å². The fourth-order valence-corrected chi connectivity index (χ4v) is 4.96. The first-order chi connectivity index (χ1) is 14.9. The van der Waals surface area contributed by atoms with Gasteiger partial charge in [0.15, 0.2) is 4.34 Å². The summed E-state index contributed by atoms with van der Waals surface area (Å²) in [4.78, 5) is 22.5. The van der Waals surface area contributed by atoms with Crippen LogP contribution < -0.4 is 4.74 Å². The van der Waals surface area contributed by atoms with Crippen LogP contribution in [0, 0.1) is 0 Å². The number of alkyl halides is 3. The Hall–Kier alpha value is -2.37. The van der Waals surface area contributed by atoms with Crippen molar-refractivity contribution in [2.24, 2.45) is 0 Å². The average Bonchev–Trinajstić information content (AvgIpc) is 3.19. The molecule has 1 aliphatic rings. The van der Waals surface area contributed by atoms with Crippen LogP contribution in [0.15, 0.2) is 46.9 Å². The standard InChI is InChI=1S/C20H18F3N3O3S2/c21-20(22,23)13-5-6-17(24-9-13)29-11-14-10-26(7-8-28-14)18(27)12-30-19-25-15-3-1-2-4-16(15)31-19/h1-6,9,14H,7-8,10-12H2. The number of ether oxygens (including phenoxy) is 2. The number of carbonyl (C=O) groups excluding carboxylic acids is 1. The number of rotatable bonds is 6. The van der Waals surface area contributed by atoms with E-state index < -0.39 is 11.7 Å². The number of pyridine rings is 1. The van der Waals surface area contributed by atoms with Gasteiger partial charge in [-0.25, -0.2) is 9.97 Å². The number of hydrogen-bond donors (Lipinski definition) is 0. The van der Waals surface area contributed by atoms with Crippen molar-refractivity contribution < 1.29 is 27.4 Å². The highest BCUT2D eigenvalue weighted by molar-refractivity contribution is 8.01. The number of benzene rings is 1. The van der Waals surface area contributed by atoms with Gasteiger partial charge < -0.3 is 14.4 Å². The third kappa shape index (κ3) is 5.66. The van der Waals surface area contributed by atoms with Crippen LogP contribution in [0.4, 0.5) is 13.2 Å². The average molecular weight is 470 g/mol. The molecule has 1 atom stereocenters. The topological polar surface area (TPSA) is 64.6 Å². The van der Waals surface area contributed by atoms with Crippen molar-refractivity contribution in [2.45, 2.75) is 16.6 Å². The zero-order valence-corrected chi connectivity index (χ0v) is 17.8. The van der Waals surface area contributed by atoms with Gasteiger partial charge >= 0.3 is 6.18 Å². The summed E-state index contributed by atoms with van der Waals surface area (Å²) < 4.78 is 50.8. The number of amides is 1. The van der Waals surface area contributed by atoms with Crippen LogP contribution in [-0.4, -0.2) is 58.9 Å². The molecule has 0 radical (unpaired) electrons. The van der Waals surface area contributed by atoms with E-state index in [2.05, 4.69) is 9.97 Å². The maximum Gasteiger partial charge on any atom is 0.417 e. The summed E-state index contributed by atoms with van der Waals surface area (Å²) in [5.74, 6) is 0.324. The summed E-state index contributed by atoms with van der Waals surface area (Å²) in [6.07, 6.45) is -4.09. The lowest BCUT2D eigenvalue weighted by atomic mass is 10.2. The molecule has 3 heterocycles. The minimum absolute atomic E-state index is 0.0230. The molecule has 164 valence electrons. The van der Waals surface area contributed by atoms with Crippen LogP contribution in [0.25, 0.3) is 10.2 Å². The number of para-hydroxylation sites is 1. The van der Waals surface area contributed by atoms with Crippen LogP contribution in [-0.2, 0) is 15.7 Å². The fraction of sp³-hybridized carbons (Fsp3) is 0.350. The molecule has 3 aromatic rings. The third-order valence-corrected chi connectivity index (χ3v) is 6.73. The maximum absolute atomic E-state index is 12.6. The van der Waals surface area contributed by atoms with E-state index in [1.807, 2.05) is 24.3 Å². The molecule has 1 aromatic carbocycles. The van der Waals surface area contributed by atoms with Crippen molar-refractivity contribution in [2.75, 3.05) is 32.1 Å². The van der Waals surface area contributed by atoms with E-state index in [-0.39, 0.29) is 30.3 Å². The highest BCUT2D eigenvalue weighted by Crippen LogP contribution is 2.30. The molecule has 1 unspecified atom stereocenters. The number of nitrogens with zero attached hydrogens (tertiary/aromatic N) is 3. The summed E-state index contributed by atoms with van der Waals surface area (Å²) >= 11 is 2.96. The number of fused-ring (bicyclic) bond motifs is 1. The first-order valence-corrected chi connectivity index (χ1v) is 11.2. The van der Waals surface area contributed by atoms with E-state index in [1.165, 1.54) is 17.8 Å². The predicted octanol–water partition coefficient (Wildman–Crippen LogP) is 4.11. The second-order valence-corrected chi connectivity index (χ2v) is 9.02. The molecular formula is C20H18F3N3O3S2. The smallest absolute Gasteiger partial charge is 0.417 e. The van der Waals surface area contributed by atoms with Crippen LogP contribution in [0.2, 0.25) is 0 Å². The normalized spacial score (nSPS) is 17.1. The molecule has 0 spiro atoms. The zero-order valence-electron chi connectivity index (χ0n) is 16.2. The van der Waals surface area contributed by atoms with E-state index in [9.17, 15) is 18.0 Å². The second kappa shape index (κ2) is 9.41. The number of hydrogen-bond acceptors (Lipinski definition) is 7. The SMILES string of the molecule is O=C(CSc1nc2ccccc2s1)N1CCOC(COc2ccc(C(F)(F)F)cn2)C1. The van der Waals surface area contributed by atoms with Gasteiger partial charge in [-0.1, -0.05) is 23.9 Å². The number of halogens is 3. The van der Waals surface area contributed by atoms with Crippen LogP contribution >= 0.6 is 23.1 Å². The minimum Gasteiger partial charge on any atom is -0.475 e. The van der Waals surface area contributed by atoms with Gasteiger partial charge in [0.1, 0.15) is 12.7 Å². The molecule has 1 fully saturated rings.